The molecule has 2 N–H and O–H groups in total. The number of anilines is 1. The van der Waals surface area contributed by atoms with E-state index in [1.807, 2.05) is 12.4 Å². The van der Waals surface area contributed by atoms with Gasteiger partial charge in [-0.05, 0) is 38.5 Å². The number of pyridine rings is 1. The highest BCUT2D eigenvalue weighted by Crippen LogP contribution is 2.26. The molecule has 21 heavy (non-hydrogen) atoms. The number of aromatic nitrogens is 1. The van der Waals surface area contributed by atoms with E-state index in [-0.39, 0.29) is 0 Å². The minimum Gasteiger partial charge on any atom is -0.489 e. The van der Waals surface area contributed by atoms with Gasteiger partial charge in [-0.2, -0.15) is 0 Å². The molecule has 0 radical (unpaired) electrons. The third kappa shape index (κ3) is 4.10. The van der Waals surface area contributed by atoms with E-state index in [1.54, 1.807) is 0 Å². The molecule has 4 heteroatoms. The van der Waals surface area contributed by atoms with Gasteiger partial charge in [-0.25, -0.2) is 0 Å². The maximum Gasteiger partial charge on any atom is 0.140 e. The molecule has 0 bridgehead atoms. The molecule has 3 rings (SSSR count). The van der Waals surface area contributed by atoms with Crippen molar-refractivity contribution in [3.05, 3.63) is 18.5 Å². The van der Waals surface area contributed by atoms with Gasteiger partial charge in [-0.3, -0.25) is 4.98 Å². The molecule has 0 aromatic carbocycles. The fraction of sp³-hybridized carbons (Fsp3) is 0.706. The zero-order chi connectivity index (χ0) is 14.5. The Balaban J connectivity index is 1.62. The molecule has 0 atom stereocenters. The molecule has 2 fully saturated rings. The van der Waals surface area contributed by atoms with E-state index in [2.05, 4.69) is 16.0 Å². The smallest absolute Gasteiger partial charge is 0.140 e. The Labute approximate surface area is 127 Å². The number of nitrogens with zero attached hydrogens (tertiary/aromatic N) is 2. The normalized spacial score (nSPS) is 22.0. The predicted octanol–water partition coefficient (Wildman–Crippen LogP) is 3.11. The van der Waals surface area contributed by atoms with Gasteiger partial charge in [0.25, 0.3) is 0 Å². The van der Waals surface area contributed by atoms with Gasteiger partial charge in [-0.1, -0.05) is 12.8 Å². The first-order chi connectivity index (χ1) is 10.3. The Morgan fingerprint density at radius 1 is 1.00 bits per heavy atom. The van der Waals surface area contributed by atoms with Gasteiger partial charge in [0, 0.05) is 25.2 Å². The van der Waals surface area contributed by atoms with Crippen molar-refractivity contribution in [3.63, 3.8) is 0 Å². The van der Waals surface area contributed by atoms with Crippen LogP contribution >= 0.6 is 0 Å². The van der Waals surface area contributed by atoms with Crippen LogP contribution in [0.3, 0.4) is 0 Å². The third-order valence-corrected chi connectivity index (χ3v) is 4.71. The monoisotopic (exact) mass is 289 g/mol. The van der Waals surface area contributed by atoms with Gasteiger partial charge in [0.2, 0.25) is 0 Å². The van der Waals surface area contributed by atoms with E-state index in [1.165, 1.54) is 44.2 Å². The lowest BCUT2D eigenvalue weighted by atomic mass is 10.1. The quantitative estimate of drug-likeness (QED) is 0.869. The van der Waals surface area contributed by atoms with Gasteiger partial charge in [0.1, 0.15) is 5.75 Å². The number of hydrogen-bond acceptors (Lipinski definition) is 4. The lowest BCUT2D eigenvalue weighted by Crippen LogP contribution is -2.39. The van der Waals surface area contributed by atoms with Crippen LogP contribution in [0, 0.1) is 0 Å². The molecule has 1 aliphatic carbocycles. The van der Waals surface area contributed by atoms with E-state index in [0.717, 1.165) is 31.7 Å². The first kappa shape index (κ1) is 14.6. The summed E-state index contributed by atoms with van der Waals surface area (Å²) in [6, 6.07) is 2.51. The Morgan fingerprint density at radius 3 is 2.43 bits per heavy atom. The molecule has 2 heterocycles. The summed E-state index contributed by atoms with van der Waals surface area (Å²) in [5.41, 5.74) is 7.15. The molecule has 0 unspecified atom stereocenters. The van der Waals surface area contributed by atoms with Crippen LogP contribution in [0.2, 0.25) is 0 Å². The van der Waals surface area contributed by atoms with E-state index >= 15 is 0 Å². The minimum atomic E-state index is 0.361. The van der Waals surface area contributed by atoms with Crippen molar-refractivity contribution >= 4 is 5.69 Å². The van der Waals surface area contributed by atoms with Crippen LogP contribution in [0.5, 0.6) is 5.75 Å². The number of rotatable bonds is 3. The molecule has 0 amide bonds. The van der Waals surface area contributed by atoms with Crippen LogP contribution in [0.15, 0.2) is 18.5 Å². The third-order valence-electron chi connectivity index (χ3n) is 4.71. The summed E-state index contributed by atoms with van der Waals surface area (Å²) in [5, 5.41) is 0. The van der Waals surface area contributed by atoms with Crippen LogP contribution in [-0.4, -0.2) is 30.2 Å². The number of piperidine rings is 1. The average molecular weight is 289 g/mol. The van der Waals surface area contributed by atoms with Crippen LogP contribution in [0.25, 0.3) is 0 Å². The maximum atomic E-state index is 6.17. The van der Waals surface area contributed by atoms with Crippen LogP contribution in [0.4, 0.5) is 5.69 Å². The molecule has 1 saturated heterocycles. The molecular formula is C17H27N3O. The summed E-state index contributed by atoms with van der Waals surface area (Å²) >= 11 is 0. The fourth-order valence-corrected chi connectivity index (χ4v) is 3.35. The van der Waals surface area contributed by atoms with Crippen LogP contribution in [0.1, 0.15) is 51.4 Å². The summed E-state index contributed by atoms with van der Waals surface area (Å²) in [6.45, 7) is 2.05. The highest BCUT2D eigenvalue weighted by molar-refractivity contribution is 5.48. The van der Waals surface area contributed by atoms with Gasteiger partial charge in [-0.15, -0.1) is 0 Å². The Bertz CT molecular complexity index is 435. The molecule has 1 aromatic rings. The summed E-state index contributed by atoms with van der Waals surface area (Å²) in [7, 11) is 0. The van der Waals surface area contributed by atoms with Crippen LogP contribution in [-0.2, 0) is 0 Å². The first-order valence-corrected chi connectivity index (χ1v) is 8.43. The molecule has 4 nitrogen and oxygen atoms in total. The van der Waals surface area contributed by atoms with Crippen molar-refractivity contribution in [2.45, 2.75) is 63.5 Å². The van der Waals surface area contributed by atoms with Crippen molar-refractivity contribution in [1.29, 1.82) is 0 Å². The zero-order valence-electron chi connectivity index (χ0n) is 12.8. The molecule has 1 aliphatic heterocycles. The second-order valence-corrected chi connectivity index (χ2v) is 6.43. The van der Waals surface area contributed by atoms with Crippen molar-refractivity contribution in [2.24, 2.45) is 5.73 Å². The summed E-state index contributed by atoms with van der Waals surface area (Å²) in [5.74, 6) is 0.925. The number of ether oxygens (including phenoxy) is 1. The number of hydrogen-bond donors (Lipinski definition) is 1. The van der Waals surface area contributed by atoms with Crippen molar-refractivity contribution < 1.29 is 4.74 Å². The van der Waals surface area contributed by atoms with Crippen molar-refractivity contribution in [1.82, 2.24) is 4.98 Å². The van der Waals surface area contributed by atoms with Crippen LogP contribution < -0.4 is 15.4 Å². The fourth-order valence-electron chi connectivity index (χ4n) is 3.35. The highest BCUT2D eigenvalue weighted by atomic mass is 16.5. The van der Waals surface area contributed by atoms with E-state index < -0.39 is 0 Å². The Morgan fingerprint density at radius 2 is 1.71 bits per heavy atom. The Hall–Kier alpha value is -1.29. The molecule has 2 aliphatic rings. The minimum absolute atomic E-state index is 0.361. The van der Waals surface area contributed by atoms with Crippen molar-refractivity contribution in [3.8, 4) is 5.75 Å². The van der Waals surface area contributed by atoms with Gasteiger partial charge in [0.15, 0.2) is 0 Å². The molecular weight excluding hydrogens is 262 g/mol. The summed E-state index contributed by atoms with van der Waals surface area (Å²) in [4.78, 5) is 6.74. The summed E-state index contributed by atoms with van der Waals surface area (Å²) in [6.07, 6.45) is 14.0. The van der Waals surface area contributed by atoms with E-state index in [9.17, 15) is 0 Å². The largest absolute Gasteiger partial charge is 0.489 e. The zero-order valence-corrected chi connectivity index (χ0v) is 12.8. The SMILES string of the molecule is NC1CCN(c2cncc(OC3CCCCCC3)c2)CC1. The molecule has 116 valence electrons. The first-order valence-electron chi connectivity index (χ1n) is 8.43. The lowest BCUT2D eigenvalue weighted by molar-refractivity contribution is 0.183. The van der Waals surface area contributed by atoms with E-state index in [0.29, 0.717) is 12.1 Å². The predicted molar refractivity (Wildman–Crippen MR) is 85.8 cm³/mol. The number of nitrogens with two attached hydrogens (primary N) is 1. The van der Waals surface area contributed by atoms with Gasteiger partial charge < -0.3 is 15.4 Å². The maximum absolute atomic E-state index is 6.17. The van der Waals surface area contributed by atoms with E-state index in [4.69, 9.17) is 10.5 Å². The van der Waals surface area contributed by atoms with Gasteiger partial charge >= 0.3 is 0 Å². The average Bonchev–Trinajstić information content (AvgIpc) is 2.77. The molecule has 0 spiro atoms. The van der Waals surface area contributed by atoms with Gasteiger partial charge in [0.05, 0.1) is 24.2 Å². The highest BCUT2D eigenvalue weighted by Gasteiger charge is 2.18. The second-order valence-electron chi connectivity index (χ2n) is 6.43. The molecule has 1 saturated carbocycles. The summed E-state index contributed by atoms with van der Waals surface area (Å²) < 4.78 is 6.17. The Kier molecular flexibility index (Phi) is 4.96. The topological polar surface area (TPSA) is 51.4 Å². The second kappa shape index (κ2) is 7.12. The molecule has 1 aromatic heterocycles. The van der Waals surface area contributed by atoms with Crippen molar-refractivity contribution in [2.75, 3.05) is 18.0 Å². The standard InChI is InChI=1S/C17H27N3O/c18-14-7-9-20(10-8-14)15-11-17(13-19-12-15)21-16-5-3-1-2-4-6-16/h11-14,16H,1-10,18H2. The lowest BCUT2D eigenvalue weighted by Gasteiger charge is -2.32.